The number of likely N-dealkylation sites (tertiary alicyclic amines) is 1. The predicted octanol–water partition coefficient (Wildman–Crippen LogP) is -1.35. The van der Waals surface area contributed by atoms with Crippen LogP contribution in [0.25, 0.3) is 0 Å². The molecule has 1 saturated heterocycles. The van der Waals surface area contributed by atoms with E-state index in [9.17, 15) is 9.59 Å². The molecule has 1 heterocycles. The van der Waals surface area contributed by atoms with Crippen LogP contribution >= 0.6 is 0 Å². The normalized spacial score (nSPS) is 18.7. The van der Waals surface area contributed by atoms with E-state index in [1.54, 1.807) is 0 Å². The summed E-state index contributed by atoms with van der Waals surface area (Å²) in [6, 6.07) is -0.680. The Morgan fingerprint density at radius 3 is 2.47 bits per heavy atom. The first-order chi connectivity index (χ1) is 6.75. The summed E-state index contributed by atoms with van der Waals surface area (Å²) in [6.45, 7) is 1.79. The maximum absolute atomic E-state index is 10.9. The molecule has 0 aliphatic carbocycles. The van der Waals surface area contributed by atoms with Crippen LogP contribution in [0, 0.1) is 0 Å². The Balaban J connectivity index is 0.00000196. The van der Waals surface area contributed by atoms with Crippen molar-refractivity contribution in [3.05, 3.63) is 0 Å². The Bertz CT molecular complexity index is 206. The van der Waals surface area contributed by atoms with Gasteiger partial charge in [0.15, 0.2) is 0 Å². The van der Waals surface area contributed by atoms with Crippen LogP contribution in [0.15, 0.2) is 0 Å². The zero-order valence-corrected chi connectivity index (χ0v) is 8.02. The standard InChI is InChI=1S/C9H15NO4.GeH4/c11-7-14-6-8(9(12)13)10-4-2-1-3-5-10;/h7-8H,1-6H2,(H,12,13);1H4. The number of nitrogens with zero attached hydrogens (tertiary/aromatic N) is 1. The fourth-order valence-corrected chi connectivity index (χ4v) is 1.69. The molecule has 0 radical (unpaired) electrons. The Hall–Kier alpha value is -0.557. The molecule has 1 unspecified atom stereocenters. The molecule has 5 nitrogen and oxygen atoms in total. The van der Waals surface area contributed by atoms with Gasteiger partial charge in [0, 0.05) is 0 Å². The maximum atomic E-state index is 10.9. The summed E-state index contributed by atoms with van der Waals surface area (Å²) in [5.74, 6) is -0.922. The van der Waals surface area contributed by atoms with Gasteiger partial charge in [-0.2, -0.15) is 0 Å². The van der Waals surface area contributed by atoms with Crippen molar-refractivity contribution in [1.29, 1.82) is 0 Å². The van der Waals surface area contributed by atoms with E-state index in [-0.39, 0.29) is 24.2 Å². The van der Waals surface area contributed by atoms with E-state index >= 15 is 0 Å². The minimum atomic E-state index is -0.922. The van der Waals surface area contributed by atoms with Crippen molar-refractivity contribution < 1.29 is 19.4 Å². The number of aliphatic carboxylic acids is 1. The van der Waals surface area contributed by atoms with Crippen molar-refractivity contribution in [3.63, 3.8) is 0 Å². The fraction of sp³-hybridized carbons (Fsp3) is 0.778. The molecule has 6 heteroatoms. The van der Waals surface area contributed by atoms with Gasteiger partial charge in [-0.05, 0) is 25.9 Å². The molecular formula is C9H19GeNO4. The van der Waals surface area contributed by atoms with Gasteiger partial charge < -0.3 is 9.84 Å². The fourth-order valence-electron chi connectivity index (χ4n) is 1.69. The first kappa shape index (κ1) is 14.4. The van der Waals surface area contributed by atoms with Crippen molar-refractivity contribution in [2.45, 2.75) is 25.3 Å². The van der Waals surface area contributed by atoms with Gasteiger partial charge in [0.2, 0.25) is 0 Å². The number of hydrogen-bond acceptors (Lipinski definition) is 4. The molecule has 1 aliphatic heterocycles. The molecule has 15 heavy (non-hydrogen) atoms. The molecule has 1 fully saturated rings. The molecule has 0 aromatic rings. The predicted molar refractivity (Wildman–Crippen MR) is 60.2 cm³/mol. The number of rotatable bonds is 5. The number of piperidine rings is 1. The molecule has 1 aliphatic rings. The molecule has 0 saturated carbocycles. The Morgan fingerprint density at radius 1 is 1.40 bits per heavy atom. The zero-order chi connectivity index (χ0) is 10.4. The van der Waals surface area contributed by atoms with Gasteiger partial charge in [-0.3, -0.25) is 14.5 Å². The van der Waals surface area contributed by atoms with Crippen LogP contribution < -0.4 is 0 Å². The number of hydrogen-bond donors (Lipinski definition) is 1. The monoisotopic (exact) mass is 279 g/mol. The molecule has 1 rings (SSSR count). The first-order valence-electron chi connectivity index (χ1n) is 4.78. The number of carboxylic acids is 1. The number of carbonyl (C=O) groups excluding carboxylic acids is 1. The average molecular weight is 278 g/mol. The summed E-state index contributed by atoms with van der Waals surface area (Å²) in [4.78, 5) is 22.7. The molecular weight excluding hydrogens is 259 g/mol. The van der Waals surface area contributed by atoms with Crippen LogP contribution in [0.1, 0.15) is 19.3 Å². The molecule has 0 spiro atoms. The summed E-state index contributed by atoms with van der Waals surface area (Å²) < 4.78 is 4.51. The first-order valence-corrected chi connectivity index (χ1v) is 4.78. The molecule has 0 aromatic heterocycles. The summed E-state index contributed by atoms with van der Waals surface area (Å²) in [7, 11) is 0. The Kier molecular flexibility index (Phi) is 7.41. The Labute approximate surface area is 99.7 Å². The van der Waals surface area contributed by atoms with Crippen molar-refractivity contribution in [1.82, 2.24) is 4.90 Å². The van der Waals surface area contributed by atoms with E-state index in [1.807, 2.05) is 4.90 Å². The molecule has 0 amide bonds. The second-order valence-electron chi connectivity index (χ2n) is 3.38. The van der Waals surface area contributed by atoms with Crippen molar-refractivity contribution >= 4 is 30.0 Å². The minimum absolute atomic E-state index is 0. The molecule has 1 atom stereocenters. The van der Waals surface area contributed by atoms with Gasteiger partial charge in [-0.15, -0.1) is 0 Å². The van der Waals surface area contributed by atoms with Crippen molar-refractivity contribution in [2.24, 2.45) is 0 Å². The third-order valence-corrected chi connectivity index (χ3v) is 2.44. The van der Waals surface area contributed by atoms with Gasteiger partial charge >= 0.3 is 23.6 Å². The third kappa shape index (κ3) is 4.66. The second-order valence-corrected chi connectivity index (χ2v) is 3.38. The van der Waals surface area contributed by atoms with Crippen molar-refractivity contribution in [3.8, 4) is 0 Å². The SMILES string of the molecule is O=COCC(C(=O)O)N1CCCCC1.[GeH4]. The van der Waals surface area contributed by atoms with Crippen molar-refractivity contribution in [2.75, 3.05) is 19.7 Å². The Morgan fingerprint density at radius 2 is 2.00 bits per heavy atom. The van der Waals surface area contributed by atoms with Gasteiger partial charge in [0.1, 0.15) is 12.6 Å². The van der Waals surface area contributed by atoms with Gasteiger partial charge in [-0.25, -0.2) is 0 Å². The van der Waals surface area contributed by atoms with Gasteiger partial charge in [0.25, 0.3) is 6.47 Å². The summed E-state index contributed by atoms with van der Waals surface area (Å²) >= 11 is 0. The topological polar surface area (TPSA) is 66.8 Å². The van der Waals surface area contributed by atoms with Crippen LogP contribution in [0.2, 0.25) is 0 Å². The third-order valence-electron chi connectivity index (χ3n) is 2.44. The summed E-state index contributed by atoms with van der Waals surface area (Å²) in [5.41, 5.74) is 0. The van der Waals surface area contributed by atoms with E-state index in [0.29, 0.717) is 6.47 Å². The summed E-state index contributed by atoms with van der Waals surface area (Å²) in [5, 5.41) is 8.91. The molecule has 0 bridgehead atoms. The summed E-state index contributed by atoms with van der Waals surface area (Å²) in [6.07, 6.45) is 3.19. The average Bonchev–Trinajstić information content (AvgIpc) is 2.19. The molecule has 88 valence electrons. The van der Waals surface area contributed by atoms with Crippen LogP contribution in [0.3, 0.4) is 0 Å². The van der Waals surface area contributed by atoms with Crippen LogP contribution in [-0.4, -0.2) is 65.8 Å². The van der Waals surface area contributed by atoms with E-state index in [1.165, 1.54) is 0 Å². The number of carbonyl (C=O) groups is 2. The van der Waals surface area contributed by atoms with Gasteiger partial charge in [-0.1, -0.05) is 6.42 Å². The van der Waals surface area contributed by atoms with E-state index < -0.39 is 12.0 Å². The van der Waals surface area contributed by atoms with E-state index in [4.69, 9.17) is 5.11 Å². The molecule has 1 N–H and O–H groups in total. The van der Waals surface area contributed by atoms with Gasteiger partial charge in [0.05, 0.1) is 0 Å². The number of ether oxygens (including phenoxy) is 1. The van der Waals surface area contributed by atoms with E-state index in [2.05, 4.69) is 4.74 Å². The van der Waals surface area contributed by atoms with Crippen LogP contribution in [-0.2, 0) is 14.3 Å². The van der Waals surface area contributed by atoms with E-state index in [0.717, 1.165) is 32.4 Å². The number of carboxylic acid groups (broad SMARTS) is 1. The quantitative estimate of drug-likeness (QED) is 0.497. The van der Waals surface area contributed by atoms with Crippen LogP contribution in [0.4, 0.5) is 0 Å². The molecule has 0 aromatic carbocycles. The second kappa shape index (κ2) is 7.70. The zero-order valence-electron chi connectivity index (χ0n) is 8.02. The van der Waals surface area contributed by atoms with Crippen LogP contribution in [0.5, 0.6) is 0 Å².